The number of para-hydroxylation sites is 3. The quantitative estimate of drug-likeness (QED) is 0.159. The Kier molecular flexibility index (Phi) is 10.5. The van der Waals surface area contributed by atoms with Gasteiger partial charge in [0.2, 0.25) is 0 Å². The Morgan fingerprint density at radius 2 is 0.962 bits per heavy atom. The maximum Gasteiger partial charge on any atom is 0.137 e. The lowest BCUT2D eigenvalue weighted by Crippen LogP contribution is -2.27. The summed E-state index contributed by atoms with van der Waals surface area (Å²) in [5, 5.41) is 2.53. The van der Waals surface area contributed by atoms with Crippen LogP contribution in [0, 0.1) is 0 Å². The Morgan fingerprint density at radius 1 is 0.410 bits per heavy atom. The molecule has 3 heterocycles. The zero-order valence-electron chi connectivity index (χ0n) is 46.1. The Morgan fingerprint density at radius 3 is 1.58 bits per heavy atom. The van der Waals surface area contributed by atoms with Crippen LogP contribution < -0.4 is 14.5 Å². The van der Waals surface area contributed by atoms with Gasteiger partial charge >= 0.3 is 0 Å². The molecule has 0 saturated carbocycles. The maximum atomic E-state index is 7.37. The van der Waals surface area contributed by atoms with Crippen molar-refractivity contribution >= 4 is 44.6 Å². The van der Waals surface area contributed by atoms with E-state index in [9.17, 15) is 0 Å². The molecule has 5 heteroatoms. The number of anilines is 4. The minimum atomic E-state index is -0.585. The molecule has 0 atom stereocenters. The van der Waals surface area contributed by atoms with Gasteiger partial charge < -0.3 is 14.5 Å². The summed E-state index contributed by atoms with van der Waals surface area (Å²) in [7, 11) is 0. The van der Waals surface area contributed by atoms with Crippen molar-refractivity contribution in [2.45, 2.75) is 84.0 Å². The van der Waals surface area contributed by atoms with E-state index >= 15 is 0 Å². The SMILES string of the molecule is CC(C)(C)c1ccnc(-n2c3cccc4c3c3c(cc(Oc5cccc(N6CN(c7c(-c8ccccc8)cccc7-c7ccccc7)c7ccccc76)c5)cc32)C42c3ccc(C(C)(C)C)cc3-c3cc(C(C)(C)C)ccc32)c1. The molecule has 0 saturated heterocycles. The van der Waals surface area contributed by atoms with E-state index in [0.29, 0.717) is 6.67 Å². The van der Waals surface area contributed by atoms with Crippen LogP contribution in [0.5, 0.6) is 11.5 Å². The minimum absolute atomic E-state index is 0.0261. The standard InChI is InChI=1S/C73H64N4O/c1-70(2,3)48-33-35-58-56(39-48)57-40-49(71(4,5)6)34-36-59(57)73(58)60-29-20-32-64-67(60)68-61(73)43-53(44-65(68)77(64)66-41-50(37-38-74-66)72(7,8)9)78-52-26-18-25-51(42-52)75-45-76(63-31-17-16-30-62(63)75)69-54(46-21-12-10-13-22-46)27-19-28-55(69)47-23-14-11-15-24-47/h10-44H,45H2,1-9H3. The zero-order chi connectivity index (χ0) is 53.5. The topological polar surface area (TPSA) is 33.5 Å². The van der Waals surface area contributed by atoms with Gasteiger partial charge in [-0.15, -0.1) is 0 Å². The highest BCUT2D eigenvalue weighted by molar-refractivity contribution is 6.19. The van der Waals surface area contributed by atoms with E-state index in [1.807, 2.05) is 6.20 Å². The van der Waals surface area contributed by atoms with Crippen LogP contribution in [0.25, 0.3) is 61.0 Å². The predicted octanol–water partition coefficient (Wildman–Crippen LogP) is 19.1. The first-order valence-corrected chi connectivity index (χ1v) is 27.6. The molecule has 1 aliphatic heterocycles. The van der Waals surface area contributed by atoms with Crippen LogP contribution >= 0.6 is 0 Å². The van der Waals surface area contributed by atoms with Gasteiger partial charge in [0.1, 0.15) is 24.0 Å². The second-order valence-electron chi connectivity index (χ2n) is 24.8. The minimum Gasteiger partial charge on any atom is -0.457 e. The first-order chi connectivity index (χ1) is 37.6. The maximum absolute atomic E-state index is 7.37. The van der Waals surface area contributed by atoms with E-state index in [1.165, 1.54) is 88.8 Å². The lowest BCUT2D eigenvalue weighted by Gasteiger charge is -2.32. The van der Waals surface area contributed by atoms with Crippen LogP contribution in [0.4, 0.5) is 22.7 Å². The number of nitrogens with zero attached hydrogens (tertiary/aromatic N) is 4. The van der Waals surface area contributed by atoms with Crippen molar-refractivity contribution in [3.05, 3.63) is 251 Å². The molecule has 3 aliphatic rings. The first kappa shape index (κ1) is 47.8. The van der Waals surface area contributed by atoms with E-state index in [0.717, 1.165) is 45.4 Å². The first-order valence-electron chi connectivity index (χ1n) is 27.6. The molecule has 5 nitrogen and oxygen atoms in total. The number of hydrogen-bond donors (Lipinski definition) is 0. The highest BCUT2D eigenvalue weighted by atomic mass is 16.5. The molecule has 2 aliphatic carbocycles. The van der Waals surface area contributed by atoms with Gasteiger partial charge in [0.25, 0.3) is 0 Å². The van der Waals surface area contributed by atoms with E-state index in [1.54, 1.807) is 0 Å². The molecular formula is C73H64N4O. The van der Waals surface area contributed by atoms with Crippen LogP contribution in [-0.2, 0) is 21.7 Å². The Bertz CT molecular complexity index is 4100. The number of benzene rings is 9. The fraction of sp³-hybridized carbons (Fsp3) is 0.192. The number of ether oxygens (including phenoxy) is 1. The van der Waals surface area contributed by atoms with Gasteiger partial charge in [0, 0.05) is 45.9 Å². The molecule has 0 fully saturated rings. The monoisotopic (exact) mass is 1010 g/mol. The average Bonchev–Trinajstić information content (AvgIpc) is 2.20. The summed E-state index contributed by atoms with van der Waals surface area (Å²) in [6, 6.07) is 76.4. The van der Waals surface area contributed by atoms with Gasteiger partial charge in [-0.1, -0.05) is 208 Å². The smallest absolute Gasteiger partial charge is 0.137 e. The second-order valence-corrected chi connectivity index (χ2v) is 24.8. The predicted molar refractivity (Wildman–Crippen MR) is 325 cm³/mol. The van der Waals surface area contributed by atoms with Crippen LogP contribution in [0.2, 0.25) is 0 Å². The van der Waals surface area contributed by atoms with E-state index in [2.05, 4.69) is 283 Å². The zero-order valence-corrected chi connectivity index (χ0v) is 46.1. The highest BCUT2D eigenvalue weighted by Gasteiger charge is 2.52. The Labute approximate surface area is 459 Å². The largest absolute Gasteiger partial charge is 0.457 e. The van der Waals surface area contributed by atoms with Gasteiger partial charge in [-0.2, -0.15) is 0 Å². The number of pyridine rings is 1. The van der Waals surface area contributed by atoms with Crippen molar-refractivity contribution in [3.8, 4) is 50.7 Å². The molecule has 14 rings (SSSR count). The molecule has 0 unspecified atom stereocenters. The van der Waals surface area contributed by atoms with Gasteiger partial charge in [-0.3, -0.25) is 4.57 Å². The molecule has 78 heavy (non-hydrogen) atoms. The van der Waals surface area contributed by atoms with Gasteiger partial charge in [-0.25, -0.2) is 4.98 Å². The molecule has 382 valence electrons. The highest BCUT2D eigenvalue weighted by Crippen LogP contribution is 2.64. The molecule has 0 radical (unpaired) electrons. The Balaban J connectivity index is 0.945. The van der Waals surface area contributed by atoms with Crippen molar-refractivity contribution in [2.75, 3.05) is 16.5 Å². The van der Waals surface area contributed by atoms with Crippen LogP contribution in [-0.4, -0.2) is 16.2 Å². The summed E-state index contributed by atoms with van der Waals surface area (Å²) in [6.45, 7) is 21.4. The third-order valence-electron chi connectivity index (χ3n) is 17.0. The van der Waals surface area contributed by atoms with Crippen molar-refractivity contribution in [3.63, 3.8) is 0 Å². The molecule has 0 bridgehead atoms. The third kappa shape index (κ3) is 7.24. The molecule has 2 aromatic heterocycles. The summed E-state index contributed by atoms with van der Waals surface area (Å²) in [5.74, 6) is 2.45. The molecule has 0 N–H and O–H groups in total. The molecular weight excluding hydrogens is 949 g/mol. The second kappa shape index (κ2) is 17.2. The summed E-state index contributed by atoms with van der Waals surface area (Å²) < 4.78 is 9.75. The number of aromatic nitrogens is 2. The van der Waals surface area contributed by atoms with Crippen LogP contribution in [0.1, 0.15) is 101 Å². The van der Waals surface area contributed by atoms with Crippen LogP contribution in [0.15, 0.2) is 212 Å². The van der Waals surface area contributed by atoms with Crippen LogP contribution in [0.3, 0.4) is 0 Å². The van der Waals surface area contributed by atoms with Crippen molar-refractivity contribution in [1.82, 2.24) is 9.55 Å². The third-order valence-corrected chi connectivity index (χ3v) is 17.0. The van der Waals surface area contributed by atoms with Crippen molar-refractivity contribution in [1.29, 1.82) is 0 Å². The van der Waals surface area contributed by atoms with E-state index in [-0.39, 0.29) is 16.2 Å². The van der Waals surface area contributed by atoms with Crippen molar-refractivity contribution < 1.29 is 4.74 Å². The molecule has 1 spiro atoms. The average molecular weight is 1010 g/mol. The van der Waals surface area contributed by atoms with E-state index in [4.69, 9.17) is 9.72 Å². The normalized spacial score (nSPS) is 14.2. The molecule has 9 aromatic carbocycles. The summed E-state index contributed by atoms with van der Waals surface area (Å²) >= 11 is 0. The fourth-order valence-corrected chi connectivity index (χ4v) is 13.1. The lowest BCUT2D eigenvalue weighted by molar-refractivity contribution is 0.482. The molecule has 0 amide bonds. The van der Waals surface area contributed by atoms with Crippen molar-refractivity contribution in [2.24, 2.45) is 0 Å². The number of fused-ring (bicyclic) bond motifs is 8. The summed E-state index contributed by atoms with van der Waals surface area (Å²) in [6.07, 6.45) is 1.97. The number of rotatable bonds is 7. The summed E-state index contributed by atoms with van der Waals surface area (Å²) in [5.41, 5.74) is 22.5. The van der Waals surface area contributed by atoms with Gasteiger partial charge in [0.05, 0.1) is 33.5 Å². The van der Waals surface area contributed by atoms with Gasteiger partial charge in [0.15, 0.2) is 0 Å². The molecule has 11 aromatic rings. The number of hydrogen-bond acceptors (Lipinski definition) is 4. The lowest BCUT2D eigenvalue weighted by atomic mass is 9.69. The van der Waals surface area contributed by atoms with E-state index < -0.39 is 5.41 Å². The Hall–Kier alpha value is -8.67. The summed E-state index contributed by atoms with van der Waals surface area (Å²) in [4.78, 5) is 10.1. The van der Waals surface area contributed by atoms with Gasteiger partial charge in [-0.05, 0) is 126 Å². The fourth-order valence-electron chi connectivity index (χ4n) is 13.1.